The molecule has 1 aromatic carbocycles. The summed E-state index contributed by atoms with van der Waals surface area (Å²) in [6.45, 7) is 3.60. The van der Waals surface area contributed by atoms with Crippen LogP contribution in [0, 0.1) is 24.0 Å². The number of aromatic nitrogens is 2. The second-order valence-electron chi connectivity index (χ2n) is 5.49. The lowest BCUT2D eigenvalue weighted by Crippen LogP contribution is -2.27. The van der Waals surface area contributed by atoms with E-state index in [1.54, 1.807) is 0 Å². The zero-order chi connectivity index (χ0) is 18.1. The molecule has 0 saturated carbocycles. The number of carbonyl (C=O) groups excluding carboxylic acids is 1. The van der Waals surface area contributed by atoms with Crippen LogP contribution in [0.5, 0.6) is 0 Å². The SMILES string of the molecule is Cc1sc2ncn(CC(=O)Nc3ccc([N+](=O)[O-])cc3)c(=O)c2c1C. The number of rotatable bonds is 4. The Balaban J connectivity index is 1.80. The maximum atomic E-state index is 12.5. The number of anilines is 1. The zero-order valence-electron chi connectivity index (χ0n) is 13.5. The first-order chi connectivity index (χ1) is 11.9. The van der Waals surface area contributed by atoms with Crippen molar-refractivity contribution in [2.75, 3.05) is 5.32 Å². The topological polar surface area (TPSA) is 107 Å². The highest BCUT2D eigenvalue weighted by atomic mass is 32.1. The fraction of sp³-hybridized carbons (Fsp3) is 0.188. The van der Waals surface area contributed by atoms with E-state index in [1.165, 1.54) is 46.5 Å². The molecular formula is C16H14N4O4S. The summed E-state index contributed by atoms with van der Waals surface area (Å²) in [5.41, 5.74) is 0.973. The molecule has 0 saturated heterocycles. The molecule has 0 aliphatic rings. The van der Waals surface area contributed by atoms with Gasteiger partial charge in [-0.25, -0.2) is 4.98 Å². The fourth-order valence-electron chi connectivity index (χ4n) is 2.40. The Morgan fingerprint density at radius 2 is 2.00 bits per heavy atom. The van der Waals surface area contributed by atoms with Crippen LogP contribution in [0.2, 0.25) is 0 Å². The molecule has 3 rings (SSSR count). The maximum absolute atomic E-state index is 12.5. The number of aryl methyl sites for hydroxylation is 2. The molecule has 3 aromatic rings. The number of nitrogens with one attached hydrogen (secondary N) is 1. The van der Waals surface area contributed by atoms with Gasteiger partial charge >= 0.3 is 0 Å². The summed E-state index contributed by atoms with van der Waals surface area (Å²) in [6, 6.07) is 5.47. The Morgan fingerprint density at radius 1 is 1.32 bits per heavy atom. The first-order valence-electron chi connectivity index (χ1n) is 7.36. The van der Waals surface area contributed by atoms with E-state index >= 15 is 0 Å². The third-order valence-electron chi connectivity index (χ3n) is 3.83. The van der Waals surface area contributed by atoms with E-state index in [9.17, 15) is 19.7 Å². The quantitative estimate of drug-likeness (QED) is 0.570. The Labute approximate surface area is 145 Å². The minimum Gasteiger partial charge on any atom is -0.325 e. The largest absolute Gasteiger partial charge is 0.325 e. The third kappa shape index (κ3) is 3.26. The summed E-state index contributed by atoms with van der Waals surface area (Å²) in [4.78, 5) is 40.7. The standard InChI is InChI=1S/C16H14N4O4S/c1-9-10(2)25-15-14(9)16(22)19(8-17-15)7-13(21)18-11-3-5-12(6-4-11)20(23)24/h3-6,8H,7H2,1-2H3,(H,18,21). The van der Waals surface area contributed by atoms with Gasteiger partial charge in [-0.1, -0.05) is 0 Å². The first-order valence-corrected chi connectivity index (χ1v) is 8.18. The van der Waals surface area contributed by atoms with Crippen LogP contribution in [0.3, 0.4) is 0 Å². The van der Waals surface area contributed by atoms with Gasteiger partial charge in [0.1, 0.15) is 11.4 Å². The van der Waals surface area contributed by atoms with Crippen molar-refractivity contribution in [2.24, 2.45) is 0 Å². The maximum Gasteiger partial charge on any atom is 0.269 e. The van der Waals surface area contributed by atoms with Crippen molar-refractivity contribution in [3.8, 4) is 0 Å². The second kappa shape index (κ2) is 6.44. The van der Waals surface area contributed by atoms with E-state index < -0.39 is 10.8 Å². The minimum absolute atomic E-state index is 0.0628. The summed E-state index contributed by atoms with van der Waals surface area (Å²) in [5.74, 6) is -0.415. The summed E-state index contributed by atoms with van der Waals surface area (Å²) in [7, 11) is 0. The highest BCUT2D eigenvalue weighted by Crippen LogP contribution is 2.25. The van der Waals surface area contributed by atoms with Crippen LogP contribution in [0.25, 0.3) is 10.2 Å². The van der Waals surface area contributed by atoms with Crippen LogP contribution in [-0.4, -0.2) is 20.4 Å². The summed E-state index contributed by atoms with van der Waals surface area (Å²) in [6.07, 6.45) is 1.36. The molecule has 0 bridgehead atoms. The molecule has 0 fully saturated rings. The van der Waals surface area contributed by atoms with E-state index in [4.69, 9.17) is 0 Å². The second-order valence-corrected chi connectivity index (χ2v) is 6.70. The van der Waals surface area contributed by atoms with Gasteiger partial charge in [0.25, 0.3) is 11.2 Å². The third-order valence-corrected chi connectivity index (χ3v) is 4.95. The normalized spacial score (nSPS) is 10.8. The van der Waals surface area contributed by atoms with Crippen LogP contribution >= 0.6 is 11.3 Å². The number of nitro groups is 1. The number of thiophene rings is 1. The number of hydrogen-bond acceptors (Lipinski definition) is 6. The molecule has 128 valence electrons. The number of amides is 1. The van der Waals surface area contributed by atoms with Gasteiger partial charge in [-0.15, -0.1) is 11.3 Å². The molecular weight excluding hydrogens is 344 g/mol. The fourth-order valence-corrected chi connectivity index (χ4v) is 3.39. The van der Waals surface area contributed by atoms with Crippen molar-refractivity contribution in [3.63, 3.8) is 0 Å². The Hall–Kier alpha value is -3.07. The van der Waals surface area contributed by atoms with Gasteiger partial charge in [-0.2, -0.15) is 0 Å². The molecule has 0 atom stereocenters. The predicted molar refractivity (Wildman–Crippen MR) is 95.1 cm³/mol. The monoisotopic (exact) mass is 358 g/mol. The zero-order valence-corrected chi connectivity index (χ0v) is 14.3. The molecule has 25 heavy (non-hydrogen) atoms. The lowest BCUT2D eigenvalue weighted by Gasteiger charge is -2.07. The number of non-ortho nitro benzene ring substituents is 1. The van der Waals surface area contributed by atoms with Crippen LogP contribution < -0.4 is 10.9 Å². The predicted octanol–water partition coefficient (Wildman–Crippen LogP) is 2.62. The average Bonchev–Trinajstić information content (AvgIpc) is 2.86. The van der Waals surface area contributed by atoms with E-state index in [-0.39, 0.29) is 17.8 Å². The number of benzene rings is 1. The minimum atomic E-state index is -0.517. The van der Waals surface area contributed by atoms with Crippen LogP contribution in [-0.2, 0) is 11.3 Å². The summed E-state index contributed by atoms with van der Waals surface area (Å²) >= 11 is 1.45. The molecule has 2 heterocycles. The molecule has 0 aliphatic heterocycles. The molecule has 1 N–H and O–H groups in total. The Kier molecular flexibility index (Phi) is 4.32. The molecule has 0 unspecified atom stereocenters. The van der Waals surface area contributed by atoms with Gasteiger partial charge in [0, 0.05) is 22.7 Å². The van der Waals surface area contributed by atoms with Crippen LogP contribution in [0.15, 0.2) is 35.4 Å². The van der Waals surface area contributed by atoms with E-state index in [2.05, 4.69) is 10.3 Å². The van der Waals surface area contributed by atoms with Crippen LogP contribution in [0.1, 0.15) is 10.4 Å². The molecule has 8 nitrogen and oxygen atoms in total. The van der Waals surface area contributed by atoms with Gasteiger partial charge in [-0.3, -0.25) is 24.3 Å². The first kappa shape index (κ1) is 16.8. The molecule has 0 aliphatic carbocycles. The Bertz CT molecular complexity index is 1040. The van der Waals surface area contributed by atoms with Crippen molar-refractivity contribution in [2.45, 2.75) is 20.4 Å². The van der Waals surface area contributed by atoms with E-state index in [0.717, 1.165) is 10.4 Å². The summed E-state index contributed by atoms with van der Waals surface area (Å²) < 4.78 is 1.25. The van der Waals surface area contributed by atoms with Gasteiger partial charge in [-0.05, 0) is 31.5 Å². The smallest absolute Gasteiger partial charge is 0.269 e. The summed E-state index contributed by atoms with van der Waals surface area (Å²) in [5, 5.41) is 13.8. The van der Waals surface area contributed by atoms with Gasteiger partial charge in [0.15, 0.2) is 0 Å². The number of hydrogen-bond donors (Lipinski definition) is 1. The number of fused-ring (bicyclic) bond motifs is 1. The molecule has 1 amide bonds. The van der Waals surface area contributed by atoms with E-state index in [0.29, 0.717) is 15.9 Å². The van der Waals surface area contributed by atoms with Crippen molar-refractivity contribution in [1.29, 1.82) is 0 Å². The van der Waals surface area contributed by atoms with Crippen molar-refractivity contribution in [3.05, 3.63) is 61.5 Å². The Morgan fingerprint density at radius 3 is 2.64 bits per heavy atom. The number of nitrogens with zero attached hydrogens (tertiary/aromatic N) is 3. The van der Waals surface area contributed by atoms with Crippen molar-refractivity contribution >= 4 is 38.8 Å². The highest BCUT2D eigenvalue weighted by molar-refractivity contribution is 7.18. The van der Waals surface area contributed by atoms with Crippen molar-refractivity contribution in [1.82, 2.24) is 9.55 Å². The van der Waals surface area contributed by atoms with Gasteiger partial charge < -0.3 is 5.32 Å². The molecule has 9 heteroatoms. The van der Waals surface area contributed by atoms with E-state index in [1.807, 2.05) is 13.8 Å². The highest BCUT2D eigenvalue weighted by Gasteiger charge is 2.14. The number of carbonyl (C=O) groups is 1. The van der Waals surface area contributed by atoms with Crippen molar-refractivity contribution < 1.29 is 9.72 Å². The number of nitro benzene ring substituents is 1. The van der Waals surface area contributed by atoms with Gasteiger partial charge in [0.05, 0.1) is 16.6 Å². The van der Waals surface area contributed by atoms with Crippen LogP contribution in [0.4, 0.5) is 11.4 Å². The lowest BCUT2D eigenvalue weighted by atomic mass is 10.2. The molecule has 2 aromatic heterocycles. The van der Waals surface area contributed by atoms with Gasteiger partial charge in [0.2, 0.25) is 5.91 Å². The molecule has 0 spiro atoms. The molecule has 0 radical (unpaired) electrons. The lowest BCUT2D eigenvalue weighted by molar-refractivity contribution is -0.384. The average molecular weight is 358 g/mol.